The van der Waals surface area contributed by atoms with Crippen molar-refractivity contribution in [3.8, 4) is 17.1 Å². The molecule has 3 heterocycles. The number of hydrogen-bond acceptors (Lipinski definition) is 0. The lowest BCUT2D eigenvalue weighted by Gasteiger charge is -2.35. The van der Waals surface area contributed by atoms with Gasteiger partial charge in [-0.15, -0.1) is 0 Å². The van der Waals surface area contributed by atoms with E-state index in [1.165, 1.54) is 86.2 Å². The van der Waals surface area contributed by atoms with Gasteiger partial charge in [0.05, 0.1) is 33.1 Å². The van der Waals surface area contributed by atoms with E-state index in [4.69, 9.17) is 0 Å². The van der Waals surface area contributed by atoms with Crippen molar-refractivity contribution < 1.29 is 0 Å². The molecule has 0 saturated carbocycles. The Bertz CT molecular complexity index is 3800. The molecule has 0 amide bonds. The number of nitrogens with zero attached hydrogens (tertiary/aromatic N) is 3. The summed E-state index contributed by atoms with van der Waals surface area (Å²) in [6, 6.07) is 92.5. The normalized spacial score (nSPS) is 12.1. The number of benzene rings is 10. The third-order valence-electron chi connectivity index (χ3n) is 13.6. The van der Waals surface area contributed by atoms with Crippen LogP contribution in [0.4, 0.5) is 0 Å². The van der Waals surface area contributed by atoms with Crippen LogP contribution in [0.2, 0.25) is 0 Å². The summed E-state index contributed by atoms with van der Waals surface area (Å²) in [5.74, 6) is 0. The Hall–Kier alpha value is -8.18. The van der Waals surface area contributed by atoms with Crippen LogP contribution in [0, 0.1) is 0 Å². The lowest BCUT2D eigenvalue weighted by atomic mass is 10.1. The van der Waals surface area contributed by atoms with Crippen LogP contribution < -0.4 is 20.7 Å². The molecule has 0 saturated heterocycles. The van der Waals surface area contributed by atoms with Gasteiger partial charge in [-0.2, -0.15) is 0 Å². The molecule has 13 rings (SSSR count). The van der Waals surface area contributed by atoms with Gasteiger partial charge < -0.3 is 13.7 Å². The molecule has 3 aromatic heterocycles. The molecule has 64 heavy (non-hydrogen) atoms. The van der Waals surface area contributed by atoms with Crippen molar-refractivity contribution in [2.24, 2.45) is 0 Å². The number of fused-ring (bicyclic) bond motifs is 9. The lowest BCUT2D eigenvalue weighted by Crippen LogP contribution is -2.74. The van der Waals surface area contributed by atoms with Gasteiger partial charge in [0.1, 0.15) is 0 Å². The van der Waals surface area contributed by atoms with Gasteiger partial charge in [-0.25, -0.2) is 0 Å². The molecule has 0 radical (unpaired) electrons. The van der Waals surface area contributed by atoms with Crippen LogP contribution in [0.15, 0.2) is 249 Å². The van der Waals surface area contributed by atoms with E-state index in [2.05, 4.69) is 262 Å². The summed E-state index contributed by atoms with van der Waals surface area (Å²) in [7, 11) is -3.09. The van der Waals surface area contributed by atoms with Crippen LogP contribution >= 0.6 is 0 Å². The van der Waals surface area contributed by atoms with E-state index >= 15 is 0 Å². The molecule has 0 unspecified atom stereocenters. The Morgan fingerprint density at radius 3 is 1.23 bits per heavy atom. The van der Waals surface area contributed by atoms with Gasteiger partial charge in [0.25, 0.3) is 0 Å². The highest BCUT2D eigenvalue weighted by molar-refractivity contribution is 7.20. The van der Waals surface area contributed by atoms with Crippen LogP contribution in [0.1, 0.15) is 0 Å². The second-order valence-corrected chi connectivity index (χ2v) is 20.6. The monoisotopic (exact) mass is 831 g/mol. The van der Waals surface area contributed by atoms with Crippen molar-refractivity contribution in [2.75, 3.05) is 0 Å². The van der Waals surface area contributed by atoms with Crippen molar-refractivity contribution in [1.82, 2.24) is 13.7 Å². The van der Waals surface area contributed by atoms with Crippen molar-refractivity contribution >= 4 is 94.2 Å². The van der Waals surface area contributed by atoms with Crippen LogP contribution in [0.5, 0.6) is 0 Å². The largest absolute Gasteiger partial charge is 0.309 e. The van der Waals surface area contributed by atoms with Gasteiger partial charge in [-0.05, 0) is 93.5 Å². The Kier molecular flexibility index (Phi) is 8.23. The average molecular weight is 832 g/mol. The minimum absolute atomic E-state index is 1.15. The maximum absolute atomic E-state index is 3.09. The zero-order chi connectivity index (χ0) is 42.2. The maximum Gasteiger partial charge on any atom is 0.180 e. The van der Waals surface area contributed by atoms with Crippen LogP contribution in [0.25, 0.3) is 82.5 Å². The SMILES string of the molecule is c1ccc(-n2c3ccccc3c3cc(-n4c5ccccc5c5c([Si](c6ccccc6)(c6ccccc6)c6cccc(-n7c8ccccc8c8ccccc87)c6)cccc54)ccc32)cc1. The minimum Gasteiger partial charge on any atom is -0.309 e. The van der Waals surface area contributed by atoms with E-state index < -0.39 is 8.07 Å². The van der Waals surface area contributed by atoms with E-state index in [1.807, 2.05) is 0 Å². The van der Waals surface area contributed by atoms with Gasteiger partial charge in [0.2, 0.25) is 0 Å². The fourth-order valence-corrected chi connectivity index (χ4v) is 16.0. The Morgan fingerprint density at radius 1 is 0.234 bits per heavy atom. The average Bonchev–Trinajstić information content (AvgIpc) is 4.01. The summed E-state index contributed by atoms with van der Waals surface area (Å²) in [6.45, 7) is 0. The van der Waals surface area contributed by atoms with Gasteiger partial charge in [-0.3, -0.25) is 0 Å². The maximum atomic E-state index is 2.51. The zero-order valence-electron chi connectivity index (χ0n) is 35.0. The molecule has 0 aliphatic carbocycles. The topological polar surface area (TPSA) is 14.8 Å². The predicted octanol–water partition coefficient (Wildman–Crippen LogP) is 12.4. The van der Waals surface area contributed by atoms with Crippen molar-refractivity contribution in [3.63, 3.8) is 0 Å². The molecule has 13 aromatic rings. The van der Waals surface area contributed by atoms with Crippen molar-refractivity contribution in [2.45, 2.75) is 0 Å². The van der Waals surface area contributed by atoms with E-state index in [0.29, 0.717) is 0 Å². The highest BCUT2D eigenvalue weighted by Gasteiger charge is 2.43. The molecule has 0 atom stereocenters. The highest BCUT2D eigenvalue weighted by Crippen LogP contribution is 2.38. The number of rotatable bonds is 7. The smallest absolute Gasteiger partial charge is 0.180 e. The first kappa shape index (κ1) is 36.5. The second kappa shape index (κ2) is 14.5. The Labute approximate surface area is 372 Å². The first-order valence-corrected chi connectivity index (χ1v) is 24.1. The molecular formula is C60H41N3Si. The molecule has 0 bridgehead atoms. The van der Waals surface area contributed by atoms with E-state index in [9.17, 15) is 0 Å². The van der Waals surface area contributed by atoms with Gasteiger partial charge in [-0.1, -0.05) is 176 Å². The summed E-state index contributed by atoms with van der Waals surface area (Å²) in [5.41, 5.74) is 10.7. The first-order chi connectivity index (χ1) is 31.8. The van der Waals surface area contributed by atoms with Crippen molar-refractivity contribution in [1.29, 1.82) is 0 Å². The number of aromatic nitrogens is 3. The summed E-state index contributed by atoms with van der Waals surface area (Å²) in [5, 5.41) is 13.0. The second-order valence-electron chi connectivity index (χ2n) is 16.8. The molecule has 0 aliphatic heterocycles. The number of para-hydroxylation sites is 5. The van der Waals surface area contributed by atoms with Crippen LogP contribution in [-0.2, 0) is 0 Å². The highest BCUT2D eigenvalue weighted by atomic mass is 28.3. The third kappa shape index (κ3) is 5.27. The molecule has 0 fully saturated rings. The molecule has 0 spiro atoms. The Morgan fingerprint density at radius 2 is 0.625 bits per heavy atom. The predicted molar refractivity (Wildman–Crippen MR) is 273 cm³/mol. The molecule has 3 nitrogen and oxygen atoms in total. The van der Waals surface area contributed by atoms with E-state index in [0.717, 1.165) is 17.1 Å². The lowest BCUT2D eigenvalue weighted by molar-refractivity contribution is 1.17. The third-order valence-corrected chi connectivity index (χ3v) is 18.4. The minimum atomic E-state index is -3.09. The van der Waals surface area contributed by atoms with E-state index in [1.54, 1.807) is 0 Å². The summed E-state index contributed by atoms with van der Waals surface area (Å²) in [4.78, 5) is 0. The first-order valence-electron chi connectivity index (χ1n) is 22.1. The molecule has 0 aliphatic rings. The zero-order valence-corrected chi connectivity index (χ0v) is 36.0. The fourth-order valence-electron chi connectivity index (χ4n) is 11.0. The molecule has 0 N–H and O–H groups in total. The quantitative estimate of drug-likeness (QED) is 0.112. The summed E-state index contributed by atoms with van der Waals surface area (Å²) in [6.07, 6.45) is 0. The van der Waals surface area contributed by atoms with Gasteiger partial charge in [0.15, 0.2) is 8.07 Å². The summed E-state index contributed by atoms with van der Waals surface area (Å²) < 4.78 is 7.36. The van der Waals surface area contributed by atoms with Gasteiger partial charge in [0, 0.05) is 49.4 Å². The molecule has 10 aromatic carbocycles. The summed E-state index contributed by atoms with van der Waals surface area (Å²) >= 11 is 0. The molecule has 4 heteroatoms. The molecule has 300 valence electrons. The Balaban J connectivity index is 1.12. The van der Waals surface area contributed by atoms with Crippen molar-refractivity contribution in [3.05, 3.63) is 249 Å². The number of hydrogen-bond donors (Lipinski definition) is 0. The van der Waals surface area contributed by atoms with Crippen LogP contribution in [-0.4, -0.2) is 21.8 Å². The molecular weight excluding hydrogens is 791 g/mol. The fraction of sp³-hybridized carbons (Fsp3) is 0. The van der Waals surface area contributed by atoms with Crippen LogP contribution in [0.3, 0.4) is 0 Å². The van der Waals surface area contributed by atoms with Gasteiger partial charge >= 0.3 is 0 Å². The van der Waals surface area contributed by atoms with E-state index in [-0.39, 0.29) is 0 Å². The standard InChI is InChI=1S/C60H41N3Si/c1-4-20-42(21-5-1)61-55-34-16-12-30-50(55)52-41-44(38-39-57(52)61)63-56-35-17-13-31-51(56)60-58(63)36-19-37-59(60)64(45-23-6-2-7-24-45,46-25-8-3-9-26-46)47-27-18-22-43(40-47)62-53-32-14-10-28-48(53)49-29-11-15-33-54(49)62/h1-41H.